The molecule has 4 aromatic rings. The highest BCUT2D eigenvalue weighted by Gasteiger charge is 2.39. The van der Waals surface area contributed by atoms with Crippen LogP contribution >= 0.6 is 0 Å². The van der Waals surface area contributed by atoms with E-state index in [1.165, 1.54) is 5.56 Å². The lowest BCUT2D eigenvalue weighted by Crippen LogP contribution is -2.52. The summed E-state index contributed by atoms with van der Waals surface area (Å²) in [7, 11) is 0. The van der Waals surface area contributed by atoms with Gasteiger partial charge in [-0.15, -0.1) is 0 Å². The monoisotopic (exact) mass is 479 g/mol. The zero-order chi connectivity index (χ0) is 24.6. The molecule has 4 heterocycles. The molecule has 0 spiro atoms. The lowest BCUT2D eigenvalue weighted by molar-refractivity contribution is -0.136. The molecule has 36 heavy (non-hydrogen) atoms. The van der Waals surface area contributed by atoms with Crippen LogP contribution in [0.5, 0.6) is 0 Å². The number of carbonyl (C=O) groups excluding carboxylic acids is 3. The normalized spacial score (nSPS) is 17.5. The number of nitrogens with zero attached hydrogens (tertiary/aromatic N) is 3. The third-order valence-electron chi connectivity index (χ3n) is 6.90. The fourth-order valence-electron chi connectivity index (χ4n) is 5.10. The van der Waals surface area contributed by atoms with Gasteiger partial charge in [0.1, 0.15) is 6.04 Å². The zero-order valence-corrected chi connectivity index (χ0v) is 19.6. The summed E-state index contributed by atoms with van der Waals surface area (Å²) < 4.78 is 2.04. The summed E-state index contributed by atoms with van der Waals surface area (Å²) in [5.74, 6) is -0.855. The number of amides is 3. The Morgan fingerprint density at radius 2 is 1.81 bits per heavy atom. The molecule has 0 bridgehead atoms. The standard InChI is InChI=1S/C28H25N5O3/c34-26-9-8-24(27(35)31-26)32-16-21-12-20(6-7-23(21)28(32)36)25-11-19(10-22-15-30-17-33(22)25)14-29-13-18-4-2-1-3-5-18/h1-7,10-12,15,17,24,29H,8-9,13-14,16H2,(H,31,34,35). The van der Waals surface area contributed by atoms with E-state index in [-0.39, 0.29) is 18.2 Å². The van der Waals surface area contributed by atoms with Crippen molar-refractivity contribution in [2.24, 2.45) is 0 Å². The van der Waals surface area contributed by atoms with Crippen molar-refractivity contribution < 1.29 is 14.4 Å². The number of fused-ring (bicyclic) bond motifs is 2. The molecule has 2 aliphatic rings. The maximum Gasteiger partial charge on any atom is 0.255 e. The van der Waals surface area contributed by atoms with Gasteiger partial charge in [-0.3, -0.25) is 24.1 Å². The number of carbonyl (C=O) groups is 3. The summed E-state index contributed by atoms with van der Waals surface area (Å²) >= 11 is 0. The topological polar surface area (TPSA) is 95.8 Å². The first-order chi connectivity index (χ1) is 17.6. The predicted octanol–water partition coefficient (Wildman–Crippen LogP) is 3.05. The van der Waals surface area contributed by atoms with Gasteiger partial charge in [0, 0.05) is 31.6 Å². The molecule has 8 heteroatoms. The third kappa shape index (κ3) is 4.05. The summed E-state index contributed by atoms with van der Waals surface area (Å²) in [5.41, 5.74) is 6.79. The molecular weight excluding hydrogens is 454 g/mol. The maximum absolute atomic E-state index is 13.1. The van der Waals surface area contributed by atoms with Gasteiger partial charge in [-0.1, -0.05) is 36.4 Å². The molecule has 2 aromatic carbocycles. The van der Waals surface area contributed by atoms with Crippen LogP contribution in [0.25, 0.3) is 16.8 Å². The minimum atomic E-state index is -0.620. The van der Waals surface area contributed by atoms with Crippen LogP contribution in [-0.4, -0.2) is 38.0 Å². The first-order valence-electron chi connectivity index (χ1n) is 12.0. The number of imidazole rings is 1. The molecule has 1 atom stereocenters. The first-order valence-corrected chi connectivity index (χ1v) is 12.0. The van der Waals surface area contributed by atoms with Crippen LogP contribution in [-0.2, 0) is 29.2 Å². The zero-order valence-electron chi connectivity index (χ0n) is 19.6. The van der Waals surface area contributed by atoms with Crippen LogP contribution in [0.15, 0.2) is 73.2 Å². The van der Waals surface area contributed by atoms with Crippen molar-refractivity contribution in [2.45, 2.75) is 38.5 Å². The second-order valence-electron chi connectivity index (χ2n) is 9.30. The highest BCUT2D eigenvalue weighted by atomic mass is 16.2. The van der Waals surface area contributed by atoms with Gasteiger partial charge in [-0.2, -0.15) is 0 Å². The fourth-order valence-corrected chi connectivity index (χ4v) is 5.10. The van der Waals surface area contributed by atoms with Crippen molar-refractivity contribution in [3.05, 3.63) is 95.4 Å². The molecule has 0 aliphatic carbocycles. The smallest absolute Gasteiger partial charge is 0.255 e. The average molecular weight is 480 g/mol. The highest BCUT2D eigenvalue weighted by molar-refractivity contribution is 6.05. The van der Waals surface area contributed by atoms with E-state index in [1.54, 1.807) is 11.2 Å². The number of nitrogens with one attached hydrogen (secondary N) is 2. The Balaban J connectivity index is 1.26. The summed E-state index contributed by atoms with van der Waals surface area (Å²) in [6, 6.07) is 19.7. The van der Waals surface area contributed by atoms with Crippen molar-refractivity contribution in [3.8, 4) is 11.3 Å². The third-order valence-corrected chi connectivity index (χ3v) is 6.90. The average Bonchev–Trinajstić information content (AvgIpc) is 3.48. The van der Waals surface area contributed by atoms with Crippen LogP contribution in [0.1, 0.15) is 39.9 Å². The van der Waals surface area contributed by atoms with Gasteiger partial charge >= 0.3 is 0 Å². The first kappa shape index (κ1) is 22.2. The van der Waals surface area contributed by atoms with Crippen LogP contribution in [0.3, 0.4) is 0 Å². The lowest BCUT2D eigenvalue weighted by atomic mass is 10.0. The minimum absolute atomic E-state index is 0.169. The van der Waals surface area contributed by atoms with Crippen molar-refractivity contribution >= 4 is 23.2 Å². The Hall–Kier alpha value is -4.30. The molecule has 6 rings (SSSR count). The molecule has 1 fully saturated rings. The van der Waals surface area contributed by atoms with Crippen LogP contribution in [0.2, 0.25) is 0 Å². The summed E-state index contributed by atoms with van der Waals surface area (Å²) in [6.45, 7) is 1.83. The second-order valence-corrected chi connectivity index (χ2v) is 9.30. The summed E-state index contributed by atoms with van der Waals surface area (Å²) in [5, 5.41) is 5.86. The molecule has 3 amide bonds. The SMILES string of the molecule is O=C1CCC(N2Cc3cc(-c4cc(CNCc5ccccc5)cc5cncn45)ccc3C2=O)C(=O)N1. The van der Waals surface area contributed by atoms with Crippen molar-refractivity contribution in [1.82, 2.24) is 24.9 Å². The number of hydrogen-bond donors (Lipinski definition) is 2. The van der Waals surface area contributed by atoms with Crippen molar-refractivity contribution in [3.63, 3.8) is 0 Å². The van der Waals surface area contributed by atoms with E-state index in [0.717, 1.165) is 34.4 Å². The largest absolute Gasteiger partial charge is 0.322 e. The van der Waals surface area contributed by atoms with Gasteiger partial charge in [0.05, 0.1) is 23.7 Å². The second kappa shape index (κ2) is 9.05. The minimum Gasteiger partial charge on any atom is -0.322 e. The molecule has 0 radical (unpaired) electrons. The molecule has 2 aromatic heterocycles. The Labute approximate surface area is 208 Å². The van der Waals surface area contributed by atoms with Gasteiger partial charge in [-0.05, 0) is 52.9 Å². The number of piperidine rings is 1. The highest BCUT2D eigenvalue weighted by Crippen LogP contribution is 2.32. The number of pyridine rings is 1. The Bertz CT molecular complexity index is 1490. The molecule has 2 N–H and O–H groups in total. The van der Waals surface area contributed by atoms with E-state index >= 15 is 0 Å². The molecule has 0 saturated carbocycles. The van der Waals surface area contributed by atoms with E-state index < -0.39 is 11.9 Å². The van der Waals surface area contributed by atoms with Crippen LogP contribution in [0.4, 0.5) is 0 Å². The van der Waals surface area contributed by atoms with Crippen molar-refractivity contribution in [1.29, 1.82) is 0 Å². The number of imide groups is 1. The number of benzene rings is 2. The molecule has 1 unspecified atom stereocenters. The summed E-state index contributed by atoms with van der Waals surface area (Å²) in [6.07, 6.45) is 4.22. The van der Waals surface area contributed by atoms with Gasteiger partial charge in [0.25, 0.3) is 5.91 Å². The van der Waals surface area contributed by atoms with Gasteiger partial charge < -0.3 is 10.2 Å². The molecule has 2 aliphatic heterocycles. The van der Waals surface area contributed by atoms with E-state index in [0.29, 0.717) is 25.1 Å². The fraction of sp³-hybridized carbons (Fsp3) is 0.214. The Morgan fingerprint density at radius 3 is 2.64 bits per heavy atom. The van der Waals surface area contributed by atoms with Crippen LogP contribution in [0, 0.1) is 0 Å². The molecule has 180 valence electrons. The predicted molar refractivity (Wildman–Crippen MR) is 134 cm³/mol. The van der Waals surface area contributed by atoms with Gasteiger partial charge in [-0.25, -0.2) is 4.98 Å². The summed E-state index contributed by atoms with van der Waals surface area (Å²) in [4.78, 5) is 42.9. The Morgan fingerprint density at radius 1 is 0.972 bits per heavy atom. The molecule has 1 saturated heterocycles. The van der Waals surface area contributed by atoms with Crippen molar-refractivity contribution in [2.75, 3.05) is 0 Å². The van der Waals surface area contributed by atoms with Crippen LogP contribution < -0.4 is 10.6 Å². The van der Waals surface area contributed by atoms with E-state index in [1.807, 2.05) is 47.0 Å². The number of aromatic nitrogens is 2. The Kier molecular flexibility index (Phi) is 5.58. The number of hydrogen-bond acceptors (Lipinski definition) is 5. The quantitative estimate of drug-likeness (QED) is 0.415. The van der Waals surface area contributed by atoms with E-state index in [2.05, 4.69) is 39.9 Å². The van der Waals surface area contributed by atoms with E-state index in [4.69, 9.17) is 0 Å². The van der Waals surface area contributed by atoms with E-state index in [9.17, 15) is 14.4 Å². The van der Waals surface area contributed by atoms with Gasteiger partial charge in [0.15, 0.2) is 0 Å². The molecule has 8 nitrogen and oxygen atoms in total. The number of rotatable bonds is 6. The lowest BCUT2D eigenvalue weighted by Gasteiger charge is -2.29. The molecular formula is C28H25N5O3. The maximum atomic E-state index is 13.1. The van der Waals surface area contributed by atoms with Gasteiger partial charge in [0.2, 0.25) is 11.8 Å².